The molecule has 1 heterocycles. The van der Waals surface area contributed by atoms with Crippen molar-refractivity contribution >= 4 is 11.7 Å². The van der Waals surface area contributed by atoms with E-state index in [-0.39, 0.29) is 11.8 Å². The summed E-state index contributed by atoms with van der Waals surface area (Å²) in [5.74, 6) is -0.366. The lowest BCUT2D eigenvalue weighted by molar-refractivity contribution is 0.140. The summed E-state index contributed by atoms with van der Waals surface area (Å²) in [4.78, 5) is 14.1. The van der Waals surface area contributed by atoms with E-state index in [9.17, 15) is 9.18 Å². The van der Waals surface area contributed by atoms with Crippen LogP contribution in [0.3, 0.4) is 0 Å². The van der Waals surface area contributed by atoms with Crippen LogP contribution in [-0.2, 0) is 4.74 Å². The fraction of sp³-hybridized carbons (Fsp3) is 0.533. The van der Waals surface area contributed by atoms with Crippen molar-refractivity contribution in [1.29, 1.82) is 0 Å². The molecule has 1 aliphatic rings. The highest BCUT2D eigenvalue weighted by Gasteiger charge is 2.24. The second kappa shape index (κ2) is 7.95. The minimum atomic E-state index is -0.366. The Morgan fingerprint density at radius 3 is 3.14 bits per heavy atom. The van der Waals surface area contributed by atoms with Crippen LogP contribution in [-0.4, -0.2) is 50.3 Å². The van der Waals surface area contributed by atoms with Gasteiger partial charge in [0.25, 0.3) is 0 Å². The molecule has 1 aromatic rings. The number of hydrogen-bond acceptors (Lipinski definition) is 3. The third kappa shape index (κ3) is 4.99. The molecule has 116 valence electrons. The van der Waals surface area contributed by atoms with Gasteiger partial charge in [-0.2, -0.15) is 0 Å². The lowest BCUT2D eigenvalue weighted by atomic mass is 10.2. The van der Waals surface area contributed by atoms with Gasteiger partial charge < -0.3 is 15.4 Å². The smallest absolute Gasteiger partial charge is 0.319 e. The number of likely N-dealkylation sites (tertiary alicyclic amines) is 1. The zero-order valence-electron chi connectivity index (χ0n) is 12.3. The predicted molar refractivity (Wildman–Crippen MR) is 79.9 cm³/mol. The minimum Gasteiger partial charge on any atom is -0.383 e. The van der Waals surface area contributed by atoms with Crippen molar-refractivity contribution in [1.82, 2.24) is 10.2 Å². The molecule has 0 aliphatic carbocycles. The fourth-order valence-corrected chi connectivity index (χ4v) is 2.58. The topological polar surface area (TPSA) is 53.6 Å². The maximum atomic E-state index is 13.0. The molecular formula is C15H22FN3O2. The van der Waals surface area contributed by atoms with E-state index >= 15 is 0 Å². The Labute approximate surface area is 124 Å². The summed E-state index contributed by atoms with van der Waals surface area (Å²) >= 11 is 0. The third-order valence-corrected chi connectivity index (χ3v) is 3.66. The first-order valence-corrected chi connectivity index (χ1v) is 7.22. The highest BCUT2D eigenvalue weighted by molar-refractivity contribution is 5.89. The Balaban J connectivity index is 1.75. The van der Waals surface area contributed by atoms with Crippen LogP contribution in [0.15, 0.2) is 24.3 Å². The Kier molecular flexibility index (Phi) is 5.95. The lowest BCUT2D eigenvalue weighted by Gasteiger charge is -2.24. The summed E-state index contributed by atoms with van der Waals surface area (Å²) in [6.45, 7) is 3.21. The zero-order chi connectivity index (χ0) is 15.1. The molecule has 0 aromatic heterocycles. The zero-order valence-corrected chi connectivity index (χ0v) is 12.3. The van der Waals surface area contributed by atoms with Gasteiger partial charge in [0.15, 0.2) is 0 Å². The molecule has 0 bridgehead atoms. The molecule has 1 aliphatic heterocycles. The van der Waals surface area contributed by atoms with E-state index in [4.69, 9.17) is 4.74 Å². The maximum Gasteiger partial charge on any atom is 0.319 e. The Hall–Kier alpha value is -1.66. The fourth-order valence-electron chi connectivity index (χ4n) is 2.58. The number of urea groups is 1. The van der Waals surface area contributed by atoms with Gasteiger partial charge in [-0.05, 0) is 37.6 Å². The largest absolute Gasteiger partial charge is 0.383 e. The molecule has 0 saturated carbocycles. The number of ether oxygens (including phenoxy) is 1. The number of carbonyl (C=O) groups is 1. The van der Waals surface area contributed by atoms with Crippen molar-refractivity contribution < 1.29 is 13.9 Å². The molecule has 21 heavy (non-hydrogen) atoms. The molecular weight excluding hydrogens is 273 g/mol. The number of rotatable bonds is 6. The predicted octanol–water partition coefficient (Wildman–Crippen LogP) is 2.06. The number of nitrogens with zero attached hydrogens (tertiary/aromatic N) is 1. The molecule has 2 rings (SSSR count). The van der Waals surface area contributed by atoms with Crippen LogP contribution >= 0.6 is 0 Å². The Morgan fingerprint density at radius 2 is 2.38 bits per heavy atom. The summed E-state index contributed by atoms with van der Waals surface area (Å²) in [5, 5.41) is 5.48. The van der Waals surface area contributed by atoms with Gasteiger partial charge in [0, 0.05) is 31.9 Å². The number of anilines is 1. The second-order valence-corrected chi connectivity index (χ2v) is 5.17. The quantitative estimate of drug-likeness (QED) is 0.844. The summed E-state index contributed by atoms with van der Waals surface area (Å²) in [6, 6.07) is 5.89. The van der Waals surface area contributed by atoms with Crippen LogP contribution in [0.25, 0.3) is 0 Å². The van der Waals surface area contributed by atoms with Gasteiger partial charge in [-0.3, -0.25) is 4.90 Å². The van der Waals surface area contributed by atoms with Crippen LogP contribution in [0.2, 0.25) is 0 Å². The molecule has 5 nitrogen and oxygen atoms in total. The molecule has 1 atom stereocenters. The molecule has 0 radical (unpaired) electrons. The molecule has 2 N–H and O–H groups in total. The Bertz CT molecular complexity index is 470. The Morgan fingerprint density at radius 1 is 1.52 bits per heavy atom. The first kappa shape index (κ1) is 15.7. The van der Waals surface area contributed by atoms with Gasteiger partial charge >= 0.3 is 6.03 Å². The molecule has 1 saturated heterocycles. The van der Waals surface area contributed by atoms with E-state index in [1.165, 1.54) is 12.1 Å². The van der Waals surface area contributed by atoms with Gasteiger partial charge in [0.2, 0.25) is 0 Å². The third-order valence-electron chi connectivity index (χ3n) is 3.66. The van der Waals surface area contributed by atoms with Crippen molar-refractivity contribution in [2.75, 3.05) is 38.7 Å². The van der Waals surface area contributed by atoms with E-state index in [0.29, 0.717) is 24.9 Å². The number of methoxy groups -OCH3 is 1. The SMILES string of the molecule is COCCN1CCC[C@H]1CNC(=O)Nc1cccc(F)c1. The minimum absolute atomic E-state index is 0.306. The number of amides is 2. The molecule has 2 amide bonds. The van der Waals surface area contributed by atoms with Crippen molar-refractivity contribution in [2.45, 2.75) is 18.9 Å². The summed E-state index contributed by atoms with van der Waals surface area (Å²) in [6.07, 6.45) is 2.21. The van der Waals surface area contributed by atoms with Crippen molar-refractivity contribution in [3.63, 3.8) is 0 Å². The van der Waals surface area contributed by atoms with Gasteiger partial charge in [0.1, 0.15) is 5.82 Å². The number of benzene rings is 1. The summed E-state index contributed by atoms with van der Waals surface area (Å²) < 4.78 is 18.1. The van der Waals surface area contributed by atoms with Crippen LogP contribution in [0.1, 0.15) is 12.8 Å². The van der Waals surface area contributed by atoms with Crippen LogP contribution < -0.4 is 10.6 Å². The van der Waals surface area contributed by atoms with Gasteiger partial charge in [-0.15, -0.1) is 0 Å². The number of hydrogen-bond donors (Lipinski definition) is 2. The van der Waals surface area contributed by atoms with E-state index in [1.807, 2.05) is 0 Å². The van der Waals surface area contributed by atoms with Crippen LogP contribution in [0, 0.1) is 5.82 Å². The van der Waals surface area contributed by atoms with E-state index in [2.05, 4.69) is 15.5 Å². The highest BCUT2D eigenvalue weighted by atomic mass is 19.1. The van der Waals surface area contributed by atoms with Gasteiger partial charge in [-0.1, -0.05) is 6.07 Å². The summed E-state index contributed by atoms with van der Waals surface area (Å²) in [7, 11) is 1.69. The number of nitrogens with one attached hydrogen (secondary N) is 2. The summed E-state index contributed by atoms with van der Waals surface area (Å²) in [5.41, 5.74) is 0.454. The van der Waals surface area contributed by atoms with E-state index in [1.54, 1.807) is 19.2 Å². The average molecular weight is 295 g/mol. The second-order valence-electron chi connectivity index (χ2n) is 5.17. The molecule has 6 heteroatoms. The maximum absolute atomic E-state index is 13.0. The number of halogens is 1. The monoisotopic (exact) mass is 295 g/mol. The molecule has 1 aromatic carbocycles. The standard InChI is InChI=1S/C15H22FN3O2/c1-21-9-8-19-7-3-6-14(19)11-17-15(20)18-13-5-2-4-12(16)10-13/h2,4-5,10,14H,3,6-9,11H2,1H3,(H2,17,18,20)/t14-/m0/s1. The van der Waals surface area contributed by atoms with Crippen molar-refractivity contribution in [3.05, 3.63) is 30.1 Å². The van der Waals surface area contributed by atoms with Crippen molar-refractivity contribution in [2.24, 2.45) is 0 Å². The molecule has 0 unspecified atom stereocenters. The van der Waals surface area contributed by atoms with E-state index in [0.717, 1.165) is 25.9 Å². The lowest BCUT2D eigenvalue weighted by Crippen LogP contribution is -2.42. The highest BCUT2D eigenvalue weighted by Crippen LogP contribution is 2.16. The first-order valence-electron chi connectivity index (χ1n) is 7.22. The average Bonchev–Trinajstić information content (AvgIpc) is 2.90. The molecule has 1 fully saturated rings. The van der Waals surface area contributed by atoms with Gasteiger partial charge in [-0.25, -0.2) is 9.18 Å². The normalized spacial score (nSPS) is 18.7. The van der Waals surface area contributed by atoms with Crippen molar-refractivity contribution in [3.8, 4) is 0 Å². The van der Waals surface area contributed by atoms with Crippen LogP contribution in [0.4, 0.5) is 14.9 Å². The molecule has 0 spiro atoms. The number of carbonyl (C=O) groups excluding carboxylic acids is 1. The van der Waals surface area contributed by atoms with Crippen LogP contribution in [0.5, 0.6) is 0 Å². The van der Waals surface area contributed by atoms with Gasteiger partial charge in [0.05, 0.1) is 6.61 Å². The van der Waals surface area contributed by atoms with E-state index < -0.39 is 0 Å². The first-order chi connectivity index (χ1) is 10.2.